The van der Waals surface area contributed by atoms with Gasteiger partial charge in [0.1, 0.15) is 5.60 Å². The maximum absolute atomic E-state index is 12.1. The Morgan fingerprint density at radius 3 is 2.17 bits per heavy atom. The van der Waals surface area contributed by atoms with Gasteiger partial charge in [0.25, 0.3) is 0 Å². The van der Waals surface area contributed by atoms with Gasteiger partial charge in [-0.25, -0.2) is 9.59 Å². The lowest BCUT2D eigenvalue weighted by Crippen LogP contribution is -2.38. The molecule has 0 spiro atoms. The van der Waals surface area contributed by atoms with Crippen LogP contribution in [0.2, 0.25) is 0 Å². The fourth-order valence-electron chi connectivity index (χ4n) is 1.84. The molecule has 1 N–H and O–H groups in total. The lowest BCUT2D eigenvalue weighted by Gasteiger charge is -2.23. The minimum absolute atomic E-state index is 0. The van der Waals surface area contributed by atoms with Crippen molar-refractivity contribution in [3.05, 3.63) is 35.4 Å². The van der Waals surface area contributed by atoms with Crippen LogP contribution in [0.3, 0.4) is 0 Å². The van der Waals surface area contributed by atoms with Crippen LogP contribution in [0.1, 0.15) is 59.4 Å². The van der Waals surface area contributed by atoms with Crippen LogP contribution >= 0.6 is 0 Å². The first kappa shape index (κ1) is 18.7. The van der Waals surface area contributed by atoms with E-state index in [9.17, 15) is 14.4 Å². The number of hydrogen-bond donors (Lipinski definition) is 1. The molecule has 6 heteroatoms. The largest absolute Gasteiger partial charge is 0.464 e. The van der Waals surface area contributed by atoms with Crippen molar-refractivity contribution in [2.45, 2.75) is 46.3 Å². The molecule has 130 valence electrons. The second-order valence-electron chi connectivity index (χ2n) is 6.01. The van der Waals surface area contributed by atoms with Gasteiger partial charge in [0, 0.05) is 8.42 Å². The zero-order valence-corrected chi connectivity index (χ0v) is 14.1. The molecule has 0 bridgehead atoms. The topological polar surface area (TPSA) is 81.7 Å². The van der Waals surface area contributed by atoms with Crippen LogP contribution in [-0.4, -0.2) is 30.1 Å². The first-order valence-corrected chi connectivity index (χ1v) is 7.41. The summed E-state index contributed by atoms with van der Waals surface area (Å²) < 4.78 is 10.2. The minimum atomic E-state index is -0.995. The van der Waals surface area contributed by atoms with Crippen LogP contribution < -0.4 is 5.32 Å². The van der Waals surface area contributed by atoms with Gasteiger partial charge in [0.2, 0.25) is 0 Å². The highest BCUT2D eigenvalue weighted by Gasteiger charge is 2.27. The average molecular weight is 325 g/mol. The van der Waals surface area contributed by atoms with Crippen LogP contribution in [0.4, 0.5) is 4.79 Å². The van der Waals surface area contributed by atoms with Crippen LogP contribution in [0.5, 0.6) is 0 Å². The lowest BCUT2D eigenvalue weighted by molar-refractivity contribution is -0.145. The summed E-state index contributed by atoms with van der Waals surface area (Å²) >= 11 is 0. The number of rotatable bonds is 5. The van der Waals surface area contributed by atoms with Crippen LogP contribution in [-0.2, 0) is 14.3 Å². The van der Waals surface area contributed by atoms with Gasteiger partial charge in [-0.15, -0.1) is 0 Å². The molecule has 6 nitrogen and oxygen atoms in total. The number of Topliss-reactive ketones (excluding diaryl/α,β-unsaturated/α-hetero) is 1. The van der Waals surface area contributed by atoms with E-state index < -0.39 is 23.7 Å². The number of alkyl carbamates (subject to hydrolysis) is 1. The molecule has 1 aromatic rings. The first-order valence-electron chi connectivity index (χ1n) is 7.41. The standard InChI is InChI=1S/C17H23NO5.2H2/c1-6-22-15(20)14(18-16(21)23-17(3,4)5)13-9-7-12(8-10-13)11(2)19;;/h7-10,14H,6H2,1-5H3,(H,18,21);2*1H. The minimum Gasteiger partial charge on any atom is -0.464 e. The number of esters is 1. The highest BCUT2D eigenvalue weighted by Crippen LogP contribution is 2.17. The number of nitrogens with one attached hydrogen (secondary N) is 1. The fourth-order valence-corrected chi connectivity index (χ4v) is 1.84. The number of carbonyl (C=O) groups is 3. The Labute approximate surface area is 139 Å². The van der Waals surface area contributed by atoms with Gasteiger partial charge in [0.05, 0.1) is 6.61 Å². The number of carbonyl (C=O) groups excluding carboxylic acids is 3. The van der Waals surface area contributed by atoms with E-state index in [4.69, 9.17) is 9.47 Å². The summed E-state index contributed by atoms with van der Waals surface area (Å²) in [7, 11) is 0. The molecule has 1 atom stereocenters. The number of amides is 1. The maximum Gasteiger partial charge on any atom is 0.408 e. The van der Waals surface area contributed by atoms with E-state index in [1.54, 1.807) is 52.0 Å². The van der Waals surface area contributed by atoms with Crippen LogP contribution in [0, 0.1) is 0 Å². The molecule has 0 fully saturated rings. The Balaban J connectivity index is 0. The summed E-state index contributed by atoms with van der Waals surface area (Å²) in [5, 5.41) is 2.50. The Kier molecular flexibility index (Phi) is 6.30. The molecule has 0 saturated carbocycles. The monoisotopic (exact) mass is 325 g/mol. The highest BCUT2D eigenvalue weighted by atomic mass is 16.6. The van der Waals surface area contributed by atoms with Gasteiger partial charge in [-0.3, -0.25) is 4.79 Å². The molecule has 1 amide bonds. The second kappa shape index (κ2) is 7.76. The van der Waals surface area contributed by atoms with Crippen molar-refractivity contribution in [1.82, 2.24) is 5.32 Å². The number of hydrogen-bond acceptors (Lipinski definition) is 5. The lowest BCUT2D eigenvalue weighted by atomic mass is 10.0. The molecule has 0 radical (unpaired) electrons. The summed E-state index contributed by atoms with van der Waals surface area (Å²) in [4.78, 5) is 35.4. The molecule has 1 rings (SSSR count). The van der Waals surface area contributed by atoms with Crippen molar-refractivity contribution in [2.24, 2.45) is 0 Å². The normalized spacial score (nSPS) is 12.2. The van der Waals surface area contributed by atoms with Gasteiger partial charge >= 0.3 is 12.1 Å². The molecule has 23 heavy (non-hydrogen) atoms. The van der Waals surface area contributed by atoms with Gasteiger partial charge in [0.15, 0.2) is 11.8 Å². The molecule has 0 aliphatic carbocycles. The van der Waals surface area contributed by atoms with E-state index in [2.05, 4.69) is 5.32 Å². The summed E-state index contributed by atoms with van der Waals surface area (Å²) in [6, 6.07) is 5.41. The van der Waals surface area contributed by atoms with E-state index >= 15 is 0 Å². The average Bonchev–Trinajstić information content (AvgIpc) is 2.43. The fraction of sp³-hybridized carbons (Fsp3) is 0.471. The quantitative estimate of drug-likeness (QED) is 0.662. The molecule has 1 aromatic carbocycles. The molecule has 0 saturated heterocycles. The predicted molar refractivity (Wildman–Crippen MR) is 89.4 cm³/mol. The molecule has 0 aliphatic rings. The smallest absolute Gasteiger partial charge is 0.408 e. The Bertz CT molecular complexity index is 582. The van der Waals surface area contributed by atoms with Crippen molar-refractivity contribution >= 4 is 17.8 Å². The van der Waals surface area contributed by atoms with Crippen molar-refractivity contribution in [3.8, 4) is 0 Å². The SMILES string of the molecule is CCOC(=O)C(NC(=O)OC(C)(C)C)c1ccc(C(C)=O)cc1.[HH].[HH]. The van der Waals surface area contributed by atoms with Gasteiger partial charge in [-0.2, -0.15) is 0 Å². The third kappa shape index (κ3) is 6.10. The zero-order valence-electron chi connectivity index (χ0n) is 14.1. The Morgan fingerprint density at radius 1 is 1.17 bits per heavy atom. The van der Waals surface area contributed by atoms with Crippen LogP contribution in [0.25, 0.3) is 0 Å². The van der Waals surface area contributed by atoms with Crippen molar-refractivity contribution in [1.29, 1.82) is 0 Å². The molecular formula is C17H27NO5. The second-order valence-corrected chi connectivity index (χ2v) is 6.01. The van der Waals surface area contributed by atoms with Crippen molar-refractivity contribution < 1.29 is 26.7 Å². The number of benzene rings is 1. The Hall–Kier alpha value is -2.37. The highest BCUT2D eigenvalue weighted by molar-refractivity contribution is 5.94. The van der Waals surface area contributed by atoms with Gasteiger partial charge < -0.3 is 14.8 Å². The summed E-state index contributed by atoms with van der Waals surface area (Å²) in [6.07, 6.45) is -0.716. The summed E-state index contributed by atoms with van der Waals surface area (Å²) in [5.41, 5.74) is 0.356. The molecule has 1 unspecified atom stereocenters. The predicted octanol–water partition coefficient (Wildman–Crippen LogP) is 3.51. The molecule has 0 heterocycles. The molecular weight excluding hydrogens is 298 g/mol. The Morgan fingerprint density at radius 2 is 1.74 bits per heavy atom. The molecule has 0 aromatic heterocycles. The van der Waals surface area contributed by atoms with Gasteiger partial charge in [-0.05, 0) is 40.2 Å². The first-order chi connectivity index (χ1) is 10.6. The maximum atomic E-state index is 12.1. The van der Waals surface area contributed by atoms with E-state index in [-0.39, 0.29) is 15.2 Å². The van der Waals surface area contributed by atoms with E-state index in [1.165, 1.54) is 6.92 Å². The van der Waals surface area contributed by atoms with E-state index in [1.807, 2.05) is 0 Å². The molecule has 0 aliphatic heterocycles. The van der Waals surface area contributed by atoms with E-state index in [0.29, 0.717) is 11.1 Å². The van der Waals surface area contributed by atoms with Crippen LogP contribution in [0.15, 0.2) is 24.3 Å². The third-order valence-corrected chi connectivity index (χ3v) is 2.83. The zero-order chi connectivity index (χ0) is 17.6. The van der Waals surface area contributed by atoms with Gasteiger partial charge in [-0.1, -0.05) is 24.3 Å². The summed E-state index contributed by atoms with van der Waals surface area (Å²) in [5.74, 6) is -0.668. The van der Waals surface area contributed by atoms with Crippen molar-refractivity contribution in [3.63, 3.8) is 0 Å². The summed E-state index contributed by atoms with van der Waals surface area (Å²) in [6.45, 7) is 8.52. The number of ether oxygens (including phenoxy) is 2. The van der Waals surface area contributed by atoms with E-state index in [0.717, 1.165) is 0 Å². The third-order valence-electron chi connectivity index (χ3n) is 2.83. The van der Waals surface area contributed by atoms with Crippen molar-refractivity contribution in [2.75, 3.05) is 6.61 Å². The number of ketones is 1.